The van der Waals surface area contributed by atoms with Gasteiger partial charge < -0.3 is 0 Å². The first-order chi connectivity index (χ1) is 9.72. The molecule has 0 aliphatic heterocycles. The summed E-state index contributed by atoms with van der Waals surface area (Å²) >= 11 is 8.68. The van der Waals surface area contributed by atoms with Crippen molar-refractivity contribution in [3.63, 3.8) is 0 Å². The predicted molar refractivity (Wildman–Crippen MR) is 74.1 cm³/mol. The van der Waals surface area contributed by atoms with Gasteiger partial charge in [-0.25, -0.2) is 26.6 Å². The first-order valence-electron chi connectivity index (χ1n) is 5.20. The molecule has 2 rings (SSSR count). The molecule has 2 aromatic rings. The summed E-state index contributed by atoms with van der Waals surface area (Å²) in [5.41, 5.74) is -0.0320. The highest BCUT2D eigenvalue weighted by atomic mass is 79.9. The molecule has 4 nitrogen and oxygen atoms in total. The van der Waals surface area contributed by atoms with Gasteiger partial charge in [0, 0.05) is 0 Å². The lowest BCUT2D eigenvalue weighted by molar-refractivity contribution is 0.432. The predicted octanol–water partition coefficient (Wildman–Crippen LogP) is 3.72. The molecule has 0 unspecified atom stereocenters. The maximum atomic E-state index is 13.5. The first kappa shape index (κ1) is 16.1. The molecule has 1 aromatic carbocycles. The molecule has 0 atom stereocenters. The van der Waals surface area contributed by atoms with Gasteiger partial charge in [-0.15, -0.1) is 0 Å². The Hall–Kier alpha value is -1.32. The van der Waals surface area contributed by atoms with Crippen LogP contribution in [0.15, 0.2) is 33.8 Å². The second-order valence-corrected chi connectivity index (χ2v) is 6.64. The summed E-state index contributed by atoms with van der Waals surface area (Å²) in [5.74, 6) is -5.15. The van der Waals surface area contributed by atoms with Crippen molar-refractivity contribution < 1.29 is 21.6 Å². The lowest BCUT2D eigenvalue weighted by Gasteiger charge is -2.09. The van der Waals surface area contributed by atoms with Crippen LogP contribution in [0.1, 0.15) is 0 Å². The van der Waals surface area contributed by atoms with E-state index in [1.165, 1.54) is 6.07 Å². The van der Waals surface area contributed by atoms with Crippen molar-refractivity contribution in [2.24, 2.45) is 0 Å². The van der Waals surface area contributed by atoms with Gasteiger partial charge in [0.1, 0.15) is 10.0 Å². The van der Waals surface area contributed by atoms with Crippen molar-refractivity contribution in [2.45, 2.75) is 4.90 Å². The maximum Gasteiger partial charge on any atom is 0.264 e. The number of nitrogens with one attached hydrogen (secondary N) is 1. The van der Waals surface area contributed by atoms with Gasteiger partial charge in [-0.2, -0.15) is 0 Å². The quantitative estimate of drug-likeness (QED) is 0.630. The summed E-state index contributed by atoms with van der Waals surface area (Å²) in [6.45, 7) is 0. The van der Waals surface area contributed by atoms with Crippen LogP contribution in [-0.2, 0) is 10.0 Å². The third-order valence-electron chi connectivity index (χ3n) is 2.34. The molecule has 1 N–H and O–H groups in total. The van der Waals surface area contributed by atoms with E-state index in [4.69, 9.17) is 11.6 Å². The van der Waals surface area contributed by atoms with E-state index in [1.807, 2.05) is 4.72 Å². The van der Waals surface area contributed by atoms with Crippen molar-refractivity contribution >= 4 is 43.2 Å². The highest BCUT2D eigenvalue weighted by Crippen LogP contribution is 2.26. The number of rotatable bonds is 3. The van der Waals surface area contributed by atoms with E-state index in [-0.39, 0.29) is 10.8 Å². The van der Waals surface area contributed by atoms with Gasteiger partial charge >= 0.3 is 0 Å². The van der Waals surface area contributed by atoms with Crippen molar-refractivity contribution in [1.29, 1.82) is 0 Å². The largest absolute Gasteiger partial charge is 0.278 e. The third kappa shape index (κ3) is 3.30. The number of sulfonamides is 1. The van der Waals surface area contributed by atoms with Crippen LogP contribution in [0, 0.1) is 17.5 Å². The molecule has 0 fully saturated rings. The number of halogens is 5. The minimum atomic E-state index is -4.45. The molecule has 0 saturated heterocycles. The van der Waals surface area contributed by atoms with Gasteiger partial charge in [-0.3, -0.25) is 4.72 Å². The van der Waals surface area contributed by atoms with Crippen LogP contribution in [0.4, 0.5) is 18.9 Å². The molecule has 112 valence electrons. The van der Waals surface area contributed by atoms with Crippen LogP contribution >= 0.6 is 27.5 Å². The Morgan fingerprint density at radius 1 is 1.19 bits per heavy atom. The van der Waals surface area contributed by atoms with Crippen LogP contribution in [0.3, 0.4) is 0 Å². The van der Waals surface area contributed by atoms with E-state index in [1.54, 1.807) is 0 Å². The zero-order valence-electron chi connectivity index (χ0n) is 9.87. The fraction of sp³-hybridized carbons (Fsp3) is 0. The molecule has 21 heavy (non-hydrogen) atoms. The van der Waals surface area contributed by atoms with E-state index in [9.17, 15) is 21.6 Å². The topological polar surface area (TPSA) is 59.1 Å². The highest BCUT2D eigenvalue weighted by Gasteiger charge is 2.24. The van der Waals surface area contributed by atoms with Crippen molar-refractivity contribution in [3.05, 3.63) is 51.5 Å². The molecular formula is C11H5BrClF3N2O2S. The van der Waals surface area contributed by atoms with Crippen molar-refractivity contribution in [2.75, 3.05) is 4.72 Å². The van der Waals surface area contributed by atoms with Gasteiger partial charge in [0.15, 0.2) is 17.5 Å². The summed E-state index contributed by atoms with van der Waals surface area (Å²) < 4.78 is 65.6. The molecule has 0 bridgehead atoms. The Kier molecular flexibility index (Phi) is 4.45. The number of benzene rings is 1. The van der Waals surface area contributed by atoms with Crippen molar-refractivity contribution in [1.82, 2.24) is 4.98 Å². The summed E-state index contributed by atoms with van der Waals surface area (Å²) in [6, 6.07) is 2.42. The summed E-state index contributed by atoms with van der Waals surface area (Å²) in [6.07, 6.45) is 1.09. The van der Waals surface area contributed by atoms with Gasteiger partial charge in [0.2, 0.25) is 0 Å². The summed E-state index contributed by atoms with van der Waals surface area (Å²) in [5, 5.41) is 0.0944. The average molecular weight is 402 g/mol. The first-order valence-corrected chi connectivity index (χ1v) is 7.85. The Morgan fingerprint density at radius 3 is 2.48 bits per heavy atom. The molecule has 0 aliphatic rings. The Labute approximate surface area is 131 Å². The minimum absolute atomic E-state index is 0.0320. The zero-order chi connectivity index (χ0) is 15.8. The highest BCUT2D eigenvalue weighted by molar-refractivity contribution is 9.10. The normalized spacial score (nSPS) is 11.5. The van der Waals surface area contributed by atoms with Crippen molar-refractivity contribution in [3.8, 4) is 0 Å². The molecule has 0 radical (unpaired) electrons. The molecule has 0 amide bonds. The van der Waals surface area contributed by atoms with Gasteiger partial charge in [-0.1, -0.05) is 11.6 Å². The smallest absolute Gasteiger partial charge is 0.264 e. The third-order valence-corrected chi connectivity index (χ3v) is 4.87. The van der Waals surface area contributed by atoms with Crippen LogP contribution in [0.5, 0.6) is 0 Å². The Balaban J connectivity index is 2.43. The van der Waals surface area contributed by atoms with E-state index < -0.39 is 32.4 Å². The minimum Gasteiger partial charge on any atom is -0.278 e. The molecule has 0 spiro atoms. The molecule has 0 saturated carbocycles. The van der Waals surface area contributed by atoms with Crippen LogP contribution in [-0.4, -0.2) is 13.4 Å². The average Bonchev–Trinajstić information content (AvgIpc) is 2.39. The molecule has 1 heterocycles. The van der Waals surface area contributed by atoms with Crippen LogP contribution in [0.25, 0.3) is 0 Å². The van der Waals surface area contributed by atoms with E-state index in [0.29, 0.717) is 16.6 Å². The molecule has 1 aromatic heterocycles. The molecule has 10 heteroatoms. The second-order valence-electron chi connectivity index (χ2n) is 3.78. The van der Waals surface area contributed by atoms with Gasteiger partial charge in [0.05, 0.1) is 16.4 Å². The monoisotopic (exact) mass is 400 g/mol. The number of aromatic nitrogens is 1. The van der Waals surface area contributed by atoms with Crippen LogP contribution in [0.2, 0.25) is 5.15 Å². The SMILES string of the molecule is O=S(=O)(Nc1cnc(Cl)c(Br)c1)c1ccc(F)c(F)c1F. The number of nitrogens with zero attached hydrogens (tertiary/aromatic N) is 1. The maximum absolute atomic E-state index is 13.5. The van der Waals surface area contributed by atoms with E-state index >= 15 is 0 Å². The summed E-state index contributed by atoms with van der Waals surface area (Å²) in [4.78, 5) is 2.65. The molecule has 0 aliphatic carbocycles. The van der Waals surface area contributed by atoms with Gasteiger partial charge in [-0.05, 0) is 34.1 Å². The van der Waals surface area contributed by atoms with Crippen LogP contribution < -0.4 is 4.72 Å². The fourth-order valence-electron chi connectivity index (χ4n) is 1.40. The lowest BCUT2D eigenvalue weighted by atomic mass is 10.3. The lowest BCUT2D eigenvalue weighted by Crippen LogP contribution is -2.16. The standard InChI is InChI=1S/C11H5BrClF3N2O2S/c12-6-3-5(4-17-11(6)13)18-21(19,20)8-2-1-7(14)9(15)10(8)16/h1-4,18H. The Morgan fingerprint density at radius 2 is 1.86 bits per heavy atom. The number of pyridine rings is 1. The number of hydrogen-bond acceptors (Lipinski definition) is 3. The van der Waals surface area contributed by atoms with E-state index in [2.05, 4.69) is 20.9 Å². The molecular weight excluding hydrogens is 397 g/mol. The number of hydrogen-bond donors (Lipinski definition) is 1. The number of anilines is 1. The fourth-order valence-corrected chi connectivity index (χ4v) is 2.96. The summed E-state index contributed by atoms with van der Waals surface area (Å²) in [7, 11) is -4.45. The zero-order valence-corrected chi connectivity index (χ0v) is 13.0. The Bertz CT molecular complexity index is 817. The van der Waals surface area contributed by atoms with Gasteiger partial charge in [0.25, 0.3) is 10.0 Å². The second kappa shape index (κ2) is 5.82. The van der Waals surface area contributed by atoms with E-state index in [0.717, 1.165) is 6.20 Å².